The van der Waals surface area contributed by atoms with Gasteiger partial charge in [-0.2, -0.15) is 0 Å². The van der Waals surface area contributed by atoms with Crippen LogP contribution < -0.4 is 5.73 Å². The van der Waals surface area contributed by atoms with Gasteiger partial charge in [0.2, 0.25) is 0 Å². The molecular formula is C18H29NS. The molecule has 0 aliphatic heterocycles. The van der Waals surface area contributed by atoms with E-state index in [-0.39, 0.29) is 5.41 Å². The van der Waals surface area contributed by atoms with Crippen LogP contribution in [0.25, 0.3) is 0 Å². The minimum atomic E-state index is 0.229. The van der Waals surface area contributed by atoms with Gasteiger partial charge in [-0.25, -0.2) is 0 Å². The van der Waals surface area contributed by atoms with E-state index in [9.17, 15) is 0 Å². The number of thioether (sulfide) groups is 1. The Balaban J connectivity index is 2.06. The smallest absolute Gasteiger partial charge is 0.0251 e. The first-order valence-electron chi connectivity index (χ1n) is 7.70. The standard InChI is InChI=1S/C18H29NS/c1-17(2,3)13-6-8-14(9-7-13)20-16-12-18(4,5)11-10-15(16)19/h6-9,15-16H,10-12,19H2,1-5H3. The van der Waals surface area contributed by atoms with Crippen LogP contribution in [-0.4, -0.2) is 11.3 Å². The fourth-order valence-corrected chi connectivity index (χ4v) is 4.37. The van der Waals surface area contributed by atoms with Gasteiger partial charge in [-0.3, -0.25) is 0 Å². The van der Waals surface area contributed by atoms with Crippen molar-refractivity contribution in [2.75, 3.05) is 0 Å². The summed E-state index contributed by atoms with van der Waals surface area (Å²) >= 11 is 1.97. The molecule has 1 aliphatic carbocycles. The molecule has 1 aliphatic rings. The average molecular weight is 292 g/mol. The molecule has 0 aromatic heterocycles. The summed E-state index contributed by atoms with van der Waals surface area (Å²) in [6.45, 7) is 11.5. The predicted octanol–water partition coefficient (Wildman–Crippen LogP) is 4.98. The van der Waals surface area contributed by atoms with Crippen LogP contribution >= 0.6 is 11.8 Å². The van der Waals surface area contributed by atoms with E-state index < -0.39 is 0 Å². The molecule has 0 bridgehead atoms. The van der Waals surface area contributed by atoms with E-state index >= 15 is 0 Å². The van der Waals surface area contributed by atoms with Gasteiger partial charge in [-0.15, -0.1) is 11.8 Å². The molecule has 112 valence electrons. The predicted molar refractivity (Wildman–Crippen MR) is 90.4 cm³/mol. The molecule has 1 aromatic rings. The van der Waals surface area contributed by atoms with Gasteiger partial charge in [-0.05, 0) is 47.8 Å². The quantitative estimate of drug-likeness (QED) is 0.831. The third kappa shape index (κ3) is 4.02. The lowest BCUT2D eigenvalue weighted by Gasteiger charge is -2.38. The van der Waals surface area contributed by atoms with Gasteiger partial charge in [0.15, 0.2) is 0 Å². The fourth-order valence-electron chi connectivity index (χ4n) is 2.88. The van der Waals surface area contributed by atoms with E-state index in [2.05, 4.69) is 58.9 Å². The molecule has 0 spiro atoms. The SMILES string of the molecule is CC1(C)CCC(N)C(Sc2ccc(C(C)(C)C)cc2)C1. The highest BCUT2D eigenvalue weighted by Gasteiger charge is 2.33. The van der Waals surface area contributed by atoms with Crippen molar-refractivity contribution in [2.24, 2.45) is 11.1 Å². The van der Waals surface area contributed by atoms with Crippen LogP contribution in [0.3, 0.4) is 0 Å². The Labute approximate surface area is 128 Å². The summed E-state index contributed by atoms with van der Waals surface area (Å²) < 4.78 is 0. The lowest BCUT2D eigenvalue weighted by Crippen LogP contribution is -2.41. The molecule has 2 unspecified atom stereocenters. The van der Waals surface area contributed by atoms with Crippen molar-refractivity contribution in [1.29, 1.82) is 0 Å². The molecule has 0 radical (unpaired) electrons. The van der Waals surface area contributed by atoms with Crippen LogP contribution in [0, 0.1) is 5.41 Å². The van der Waals surface area contributed by atoms with Crippen LogP contribution in [0.4, 0.5) is 0 Å². The number of hydrogen-bond acceptors (Lipinski definition) is 2. The maximum absolute atomic E-state index is 6.33. The lowest BCUT2D eigenvalue weighted by atomic mass is 9.75. The first-order chi connectivity index (χ1) is 9.17. The topological polar surface area (TPSA) is 26.0 Å². The van der Waals surface area contributed by atoms with Crippen molar-refractivity contribution >= 4 is 11.8 Å². The zero-order valence-corrected chi connectivity index (χ0v) is 14.4. The molecule has 2 rings (SSSR count). The second kappa shape index (κ2) is 5.73. The summed E-state index contributed by atoms with van der Waals surface area (Å²) in [6, 6.07) is 9.40. The van der Waals surface area contributed by atoms with Gasteiger partial charge >= 0.3 is 0 Å². The number of hydrogen-bond donors (Lipinski definition) is 1. The molecule has 2 atom stereocenters. The van der Waals surface area contributed by atoms with Crippen LogP contribution in [0.5, 0.6) is 0 Å². The van der Waals surface area contributed by atoms with E-state index in [1.54, 1.807) is 0 Å². The maximum Gasteiger partial charge on any atom is 0.0251 e. The molecular weight excluding hydrogens is 262 g/mol. The Morgan fingerprint density at radius 2 is 1.75 bits per heavy atom. The summed E-state index contributed by atoms with van der Waals surface area (Å²) in [6.07, 6.45) is 3.64. The van der Waals surface area contributed by atoms with Gasteiger partial charge in [-0.1, -0.05) is 46.8 Å². The highest BCUT2D eigenvalue weighted by molar-refractivity contribution is 8.00. The number of benzene rings is 1. The molecule has 20 heavy (non-hydrogen) atoms. The van der Waals surface area contributed by atoms with Gasteiger partial charge in [0.05, 0.1) is 0 Å². The van der Waals surface area contributed by atoms with Crippen LogP contribution in [0.2, 0.25) is 0 Å². The molecule has 0 saturated heterocycles. The molecule has 1 aromatic carbocycles. The number of rotatable bonds is 2. The largest absolute Gasteiger partial charge is 0.327 e. The van der Waals surface area contributed by atoms with E-state index in [0.29, 0.717) is 16.7 Å². The molecule has 1 nitrogen and oxygen atoms in total. The Bertz CT molecular complexity index is 441. The zero-order valence-electron chi connectivity index (χ0n) is 13.6. The highest BCUT2D eigenvalue weighted by Crippen LogP contribution is 2.42. The summed E-state index contributed by atoms with van der Waals surface area (Å²) in [5.41, 5.74) is 8.40. The van der Waals surface area contributed by atoms with Gasteiger partial charge in [0.25, 0.3) is 0 Å². The molecule has 1 fully saturated rings. The molecule has 1 saturated carbocycles. The Kier molecular flexibility index (Phi) is 4.56. The average Bonchev–Trinajstić information content (AvgIpc) is 2.33. The summed E-state index contributed by atoms with van der Waals surface area (Å²) in [7, 11) is 0. The van der Waals surface area contributed by atoms with Crippen molar-refractivity contribution in [3.8, 4) is 0 Å². The van der Waals surface area contributed by atoms with E-state index in [1.165, 1.54) is 23.3 Å². The minimum absolute atomic E-state index is 0.229. The van der Waals surface area contributed by atoms with Crippen molar-refractivity contribution < 1.29 is 0 Å². The highest BCUT2D eigenvalue weighted by atomic mass is 32.2. The lowest BCUT2D eigenvalue weighted by molar-refractivity contribution is 0.232. The van der Waals surface area contributed by atoms with Gasteiger partial charge < -0.3 is 5.73 Å². The van der Waals surface area contributed by atoms with Crippen molar-refractivity contribution in [1.82, 2.24) is 0 Å². The monoisotopic (exact) mass is 291 g/mol. The first-order valence-corrected chi connectivity index (χ1v) is 8.58. The second-order valence-corrected chi connectivity index (χ2v) is 9.31. The van der Waals surface area contributed by atoms with Gasteiger partial charge in [0, 0.05) is 16.2 Å². The summed E-state index contributed by atoms with van der Waals surface area (Å²) in [5.74, 6) is 0. The van der Waals surface area contributed by atoms with E-state index in [4.69, 9.17) is 5.73 Å². The zero-order chi connectivity index (χ0) is 15.0. The maximum atomic E-state index is 6.33. The summed E-state index contributed by atoms with van der Waals surface area (Å²) in [4.78, 5) is 1.36. The van der Waals surface area contributed by atoms with E-state index in [1.807, 2.05) is 11.8 Å². The molecule has 2 N–H and O–H groups in total. The fraction of sp³-hybridized carbons (Fsp3) is 0.667. The third-order valence-corrected chi connectivity index (χ3v) is 5.76. The van der Waals surface area contributed by atoms with Crippen molar-refractivity contribution in [2.45, 2.75) is 75.5 Å². The molecule has 0 heterocycles. The number of nitrogens with two attached hydrogens (primary N) is 1. The van der Waals surface area contributed by atoms with Crippen LogP contribution in [-0.2, 0) is 5.41 Å². The minimum Gasteiger partial charge on any atom is -0.327 e. The van der Waals surface area contributed by atoms with Crippen LogP contribution in [0.1, 0.15) is 59.4 Å². The summed E-state index contributed by atoms with van der Waals surface area (Å²) in [5, 5.41) is 0.555. The molecule has 0 amide bonds. The Morgan fingerprint density at radius 3 is 2.30 bits per heavy atom. The first kappa shape index (κ1) is 15.9. The Hall–Kier alpha value is -0.470. The van der Waals surface area contributed by atoms with Gasteiger partial charge in [0.1, 0.15) is 0 Å². The van der Waals surface area contributed by atoms with Crippen LogP contribution in [0.15, 0.2) is 29.2 Å². The molecule has 2 heteroatoms. The third-order valence-electron chi connectivity index (χ3n) is 4.39. The normalized spacial score (nSPS) is 26.5. The second-order valence-electron chi connectivity index (χ2n) is 8.00. The Morgan fingerprint density at radius 1 is 1.15 bits per heavy atom. The van der Waals surface area contributed by atoms with E-state index in [0.717, 1.165) is 6.42 Å². The van der Waals surface area contributed by atoms with Crippen molar-refractivity contribution in [3.05, 3.63) is 29.8 Å². The van der Waals surface area contributed by atoms with Crippen molar-refractivity contribution in [3.63, 3.8) is 0 Å².